The highest BCUT2D eigenvalue weighted by atomic mass is 79.9. The topological polar surface area (TPSA) is 49.8 Å². The monoisotopic (exact) mass is 353 g/mol. The van der Waals surface area contributed by atoms with Gasteiger partial charge in [-0.15, -0.1) is 0 Å². The number of ether oxygens (including phenoxy) is 1. The molecule has 21 heavy (non-hydrogen) atoms. The second kappa shape index (κ2) is 5.61. The normalized spacial score (nSPS) is 30.5. The number of hydrogen-bond donors (Lipinski definition) is 1. The molecule has 4 nitrogen and oxygen atoms in total. The fraction of sp³-hybridized carbons (Fsp3) is 0.562. The smallest absolute Gasteiger partial charge is 0.410 e. The van der Waals surface area contributed by atoms with E-state index in [1.54, 1.807) is 4.90 Å². The van der Waals surface area contributed by atoms with Gasteiger partial charge in [-0.1, -0.05) is 28.1 Å². The summed E-state index contributed by atoms with van der Waals surface area (Å²) in [6.45, 7) is 2.70. The maximum atomic E-state index is 12.4. The molecular weight excluding hydrogens is 334 g/mol. The van der Waals surface area contributed by atoms with Crippen LogP contribution in [-0.2, 0) is 4.74 Å². The zero-order valence-electron chi connectivity index (χ0n) is 12.1. The lowest BCUT2D eigenvalue weighted by Gasteiger charge is -2.41. The van der Waals surface area contributed by atoms with Crippen molar-refractivity contribution in [3.05, 3.63) is 34.3 Å². The Morgan fingerprint density at radius 1 is 1.38 bits per heavy atom. The highest BCUT2D eigenvalue weighted by molar-refractivity contribution is 9.10. The maximum Gasteiger partial charge on any atom is 0.410 e. The molecule has 1 aromatic carbocycles. The zero-order valence-corrected chi connectivity index (χ0v) is 13.7. The summed E-state index contributed by atoms with van der Waals surface area (Å²) >= 11 is 3.42. The molecule has 114 valence electrons. The molecule has 1 amide bonds. The van der Waals surface area contributed by atoms with Crippen LogP contribution in [-0.4, -0.2) is 34.3 Å². The van der Waals surface area contributed by atoms with E-state index in [2.05, 4.69) is 15.9 Å². The third kappa shape index (κ3) is 2.94. The summed E-state index contributed by atoms with van der Waals surface area (Å²) in [5.41, 5.74) is 0.671. The van der Waals surface area contributed by atoms with Crippen molar-refractivity contribution in [3.8, 4) is 0 Å². The molecule has 1 aliphatic carbocycles. The quantitative estimate of drug-likeness (QED) is 0.882. The summed E-state index contributed by atoms with van der Waals surface area (Å²) in [5, 5.41) is 9.70. The Balaban J connectivity index is 1.70. The van der Waals surface area contributed by atoms with Crippen LogP contribution >= 0.6 is 15.9 Å². The first kappa shape index (κ1) is 14.9. The number of carbonyl (C=O) groups is 1. The molecule has 0 unspecified atom stereocenters. The largest absolute Gasteiger partial charge is 0.443 e. The highest BCUT2D eigenvalue weighted by Crippen LogP contribution is 2.41. The Kier molecular flexibility index (Phi) is 3.97. The van der Waals surface area contributed by atoms with Crippen molar-refractivity contribution in [1.29, 1.82) is 0 Å². The number of aliphatic hydroxyl groups excluding tert-OH is 1. The van der Waals surface area contributed by atoms with Gasteiger partial charge in [0.05, 0.1) is 12.1 Å². The molecule has 5 heteroatoms. The van der Waals surface area contributed by atoms with E-state index in [1.807, 2.05) is 31.2 Å². The van der Waals surface area contributed by atoms with Gasteiger partial charge in [0.2, 0.25) is 0 Å². The van der Waals surface area contributed by atoms with Gasteiger partial charge in [0, 0.05) is 23.9 Å². The van der Waals surface area contributed by atoms with Crippen molar-refractivity contribution in [2.45, 2.75) is 50.4 Å². The fourth-order valence-electron chi connectivity index (χ4n) is 3.37. The number of carbonyl (C=O) groups excluding carboxylic acids is 1. The minimum absolute atomic E-state index is 0.00530. The number of hydrogen-bond acceptors (Lipinski definition) is 3. The second-order valence-corrected chi connectivity index (χ2v) is 7.03. The van der Waals surface area contributed by atoms with Gasteiger partial charge in [0.1, 0.15) is 5.60 Å². The maximum absolute atomic E-state index is 12.4. The first-order valence-corrected chi connectivity index (χ1v) is 8.22. The second-order valence-electron chi connectivity index (χ2n) is 6.12. The summed E-state index contributed by atoms with van der Waals surface area (Å²) in [7, 11) is 0. The fourth-order valence-corrected chi connectivity index (χ4v) is 3.63. The SMILES string of the molecule is C[C@@H](c1ccc(Br)cc1)N1CC[C@]2(CC[C@@H](O)C2)OC1=O. The predicted molar refractivity (Wildman–Crippen MR) is 82.9 cm³/mol. The van der Waals surface area contributed by atoms with E-state index >= 15 is 0 Å². The molecule has 0 bridgehead atoms. The summed E-state index contributed by atoms with van der Waals surface area (Å²) in [5.74, 6) is 0. The molecule has 3 rings (SSSR count). The van der Waals surface area contributed by atoms with Crippen LogP contribution in [0.5, 0.6) is 0 Å². The Hall–Kier alpha value is -1.07. The van der Waals surface area contributed by atoms with Crippen LogP contribution in [0.2, 0.25) is 0 Å². The van der Waals surface area contributed by atoms with Gasteiger partial charge in [0.15, 0.2) is 0 Å². The molecule has 1 heterocycles. The van der Waals surface area contributed by atoms with Gasteiger partial charge in [-0.05, 0) is 37.5 Å². The zero-order chi connectivity index (χ0) is 15.0. The van der Waals surface area contributed by atoms with Crippen molar-refractivity contribution in [3.63, 3.8) is 0 Å². The Bertz CT molecular complexity index is 533. The molecule has 1 saturated carbocycles. The molecular formula is C16H20BrNO3. The van der Waals surface area contributed by atoms with Crippen LogP contribution in [0.3, 0.4) is 0 Å². The number of nitrogens with zero attached hydrogens (tertiary/aromatic N) is 1. The standard InChI is InChI=1S/C16H20BrNO3/c1-11(12-2-4-13(17)5-3-12)18-9-8-16(21-15(18)20)7-6-14(19)10-16/h2-5,11,14,19H,6-10H2,1H3/t11-,14+,16-/m0/s1. The highest BCUT2D eigenvalue weighted by Gasteiger charge is 2.46. The average molecular weight is 354 g/mol. The summed E-state index contributed by atoms with van der Waals surface area (Å²) in [4.78, 5) is 14.1. The van der Waals surface area contributed by atoms with Crippen LogP contribution in [0.4, 0.5) is 4.79 Å². The van der Waals surface area contributed by atoms with Gasteiger partial charge in [-0.3, -0.25) is 0 Å². The molecule has 2 aliphatic rings. The number of benzene rings is 1. The first-order valence-electron chi connectivity index (χ1n) is 7.42. The molecule has 1 saturated heterocycles. The number of rotatable bonds is 2. The summed E-state index contributed by atoms with van der Waals surface area (Å²) < 4.78 is 6.73. The third-order valence-electron chi connectivity index (χ3n) is 4.71. The molecule has 1 spiro atoms. The van der Waals surface area contributed by atoms with E-state index in [0.29, 0.717) is 13.0 Å². The molecule has 1 aromatic rings. The van der Waals surface area contributed by atoms with E-state index in [1.165, 1.54) is 0 Å². The molecule has 2 fully saturated rings. The Morgan fingerprint density at radius 3 is 2.67 bits per heavy atom. The molecule has 0 aromatic heterocycles. The lowest BCUT2D eigenvalue weighted by atomic mass is 9.95. The molecule has 1 N–H and O–H groups in total. The van der Waals surface area contributed by atoms with Gasteiger partial charge < -0.3 is 14.7 Å². The minimum atomic E-state index is -0.424. The van der Waals surface area contributed by atoms with E-state index in [9.17, 15) is 9.90 Å². The van der Waals surface area contributed by atoms with E-state index in [-0.39, 0.29) is 18.2 Å². The average Bonchev–Trinajstić information content (AvgIpc) is 2.80. The van der Waals surface area contributed by atoms with Crippen LogP contribution in [0.15, 0.2) is 28.7 Å². The number of aliphatic hydroxyl groups is 1. The van der Waals surface area contributed by atoms with Crippen LogP contribution in [0, 0.1) is 0 Å². The van der Waals surface area contributed by atoms with Gasteiger partial charge in [-0.2, -0.15) is 0 Å². The van der Waals surface area contributed by atoms with Crippen molar-refractivity contribution in [2.75, 3.05) is 6.54 Å². The predicted octanol–water partition coefficient (Wildman–Crippen LogP) is 3.64. The van der Waals surface area contributed by atoms with Crippen LogP contribution in [0.1, 0.15) is 44.2 Å². The van der Waals surface area contributed by atoms with Crippen LogP contribution < -0.4 is 0 Å². The molecule has 0 radical (unpaired) electrons. The lowest BCUT2D eigenvalue weighted by molar-refractivity contribution is -0.0572. The Labute approximate surface area is 133 Å². The first-order chi connectivity index (χ1) is 9.99. The third-order valence-corrected chi connectivity index (χ3v) is 5.24. The van der Waals surface area contributed by atoms with Gasteiger partial charge in [0.25, 0.3) is 0 Å². The van der Waals surface area contributed by atoms with E-state index in [4.69, 9.17) is 4.74 Å². The van der Waals surface area contributed by atoms with Crippen LogP contribution in [0.25, 0.3) is 0 Å². The van der Waals surface area contributed by atoms with Crippen molar-refractivity contribution >= 4 is 22.0 Å². The molecule has 3 atom stereocenters. The van der Waals surface area contributed by atoms with Gasteiger partial charge >= 0.3 is 6.09 Å². The molecule has 1 aliphatic heterocycles. The summed E-state index contributed by atoms with van der Waals surface area (Å²) in [6.07, 6.45) is 2.31. The number of amides is 1. The number of halogens is 1. The van der Waals surface area contributed by atoms with Crippen molar-refractivity contribution < 1.29 is 14.6 Å². The van der Waals surface area contributed by atoms with E-state index in [0.717, 1.165) is 29.3 Å². The van der Waals surface area contributed by atoms with Gasteiger partial charge in [-0.25, -0.2) is 4.79 Å². The Morgan fingerprint density at radius 2 is 2.10 bits per heavy atom. The van der Waals surface area contributed by atoms with Crippen molar-refractivity contribution in [2.24, 2.45) is 0 Å². The van der Waals surface area contributed by atoms with E-state index < -0.39 is 5.60 Å². The minimum Gasteiger partial charge on any atom is -0.443 e. The summed E-state index contributed by atoms with van der Waals surface area (Å²) in [6, 6.07) is 8.00. The van der Waals surface area contributed by atoms with Crippen molar-refractivity contribution in [1.82, 2.24) is 4.90 Å². The lowest BCUT2D eigenvalue weighted by Crippen LogP contribution is -2.49.